The van der Waals surface area contributed by atoms with E-state index in [1.54, 1.807) is 7.11 Å². The van der Waals surface area contributed by atoms with Crippen LogP contribution in [0, 0.1) is 11.6 Å². The Bertz CT molecular complexity index is 318. The van der Waals surface area contributed by atoms with Crippen molar-refractivity contribution in [2.24, 2.45) is 0 Å². The Kier molecular flexibility index (Phi) is 6.08. The van der Waals surface area contributed by atoms with Gasteiger partial charge in [0, 0.05) is 25.8 Å². The first-order valence-electron chi connectivity index (χ1n) is 5.83. The molecule has 4 heteroatoms. The Morgan fingerprint density at radius 3 is 2.41 bits per heavy atom. The lowest BCUT2D eigenvalue weighted by molar-refractivity contribution is 0.161. The number of nitrogens with one attached hydrogen (secondary N) is 1. The van der Waals surface area contributed by atoms with Gasteiger partial charge in [0.05, 0.1) is 6.61 Å². The maximum atomic E-state index is 13.0. The third-order valence-corrected chi connectivity index (χ3v) is 2.52. The fraction of sp³-hybridized carbons (Fsp3) is 0.538. The van der Waals surface area contributed by atoms with Gasteiger partial charge in [-0.3, -0.25) is 0 Å². The highest BCUT2D eigenvalue weighted by molar-refractivity contribution is 5.17. The average molecular weight is 243 g/mol. The number of methoxy groups -OCH3 is 1. The molecule has 1 aromatic rings. The van der Waals surface area contributed by atoms with E-state index >= 15 is 0 Å². The van der Waals surface area contributed by atoms with Gasteiger partial charge in [0.15, 0.2) is 0 Å². The van der Waals surface area contributed by atoms with Crippen LogP contribution in [0.5, 0.6) is 0 Å². The molecule has 0 radical (unpaired) electrons. The molecule has 0 heterocycles. The van der Waals surface area contributed by atoms with Crippen LogP contribution in [0.3, 0.4) is 0 Å². The van der Waals surface area contributed by atoms with Crippen LogP contribution >= 0.6 is 0 Å². The summed E-state index contributed by atoms with van der Waals surface area (Å²) >= 11 is 0. The quantitative estimate of drug-likeness (QED) is 0.795. The molecular formula is C13H19F2NO. The van der Waals surface area contributed by atoms with Crippen molar-refractivity contribution in [1.82, 2.24) is 5.32 Å². The second kappa shape index (κ2) is 7.35. The SMILES string of the molecule is CCCC(COC)NCc1cc(F)cc(F)c1. The summed E-state index contributed by atoms with van der Waals surface area (Å²) in [6.07, 6.45) is 2.02. The highest BCUT2D eigenvalue weighted by Crippen LogP contribution is 2.08. The lowest BCUT2D eigenvalue weighted by atomic mass is 10.1. The van der Waals surface area contributed by atoms with Crippen molar-refractivity contribution in [2.75, 3.05) is 13.7 Å². The number of hydrogen-bond donors (Lipinski definition) is 1. The Hall–Kier alpha value is -1.00. The summed E-state index contributed by atoms with van der Waals surface area (Å²) in [6.45, 7) is 3.14. The Morgan fingerprint density at radius 2 is 1.88 bits per heavy atom. The zero-order valence-electron chi connectivity index (χ0n) is 10.3. The van der Waals surface area contributed by atoms with Gasteiger partial charge in [-0.05, 0) is 24.1 Å². The molecule has 1 aromatic carbocycles. The number of ether oxygens (including phenoxy) is 1. The molecule has 96 valence electrons. The largest absolute Gasteiger partial charge is 0.383 e. The van der Waals surface area contributed by atoms with Crippen molar-refractivity contribution in [3.8, 4) is 0 Å². The van der Waals surface area contributed by atoms with Crippen LogP contribution in [0.2, 0.25) is 0 Å². The molecule has 17 heavy (non-hydrogen) atoms. The van der Waals surface area contributed by atoms with Gasteiger partial charge in [0.2, 0.25) is 0 Å². The lowest BCUT2D eigenvalue weighted by Gasteiger charge is -2.17. The van der Waals surface area contributed by atoms with E-state index in [-0.39, 0.29) is 6.04 Å². The van der Waals surface area contributed by atoms with E-state index in [2.05, 4.69) is 12.2 Å². The Labute approximate surface area is 101 Å². The maximum Gasteiger partial charge on any atom is 0.126 e. The molecule has 0 aliphatic rings. The van der Waals surface area contributed by atoms with Crippen LogP contribution in [0.15, 0.2) is 18.2 Å². The minimum atomic E-state index is -0.541. The molecule has 2 nitrogen and oxygen atoms in total. The van der Waals surface area contributed by atoms with Crippen molar-refractivity contribution in [3.63, 3.8) is 0 Å². The van der Waals surface area contributed by atoms with E-state index < -0.39 is 11.6 Å². The first-order chi connectivity index (χ1) is 8.15. The van der Waals surface area contributed by atoms with Gasteiger partial charge < -0.3 is 10.1 Å². The number of rotatable bonds is 7. The van der Waals surface area contributed by atoms with Crippen LogP contribution in [-0.2, 0) is 11.3 Å². The second-order valence-electron chi connectivity index (χ2n) is 4.10. The fourth-order valence-electron chi connectivity index (χ4n) is 1.77. The van der Waals surface area contributed by atoms with Crippen LogP contribution in [0.25, 0.3) is 0 Å². The van der Waals surface area contributed by atoms with Gasteiger partial charge in [-0.25, -0.2) is 8.78 Å². The van der Waals surface area contributed by atoms with E-state index in [1.165, 1.54) is 12.1 Å². The molecular weight excluding hydrogens is 224 g/mol. The smallest absolute Gasteiger partial charge is 0.126 e. The van der Waals surface area contributed by atoms with Crippen molar-refractivity contribution >= 4 is 0 Å². The zero-order valence-corrected chi connectivity index (χ0v) is 10.3. The molecule has 0 saturated heterocycles. The summed E-state index contributed by atoms with van der Waals surface area (Å²) in [4.78, 5) is 0. The van der Waals surface area contributed by atoms with Crippen molar-refractivity contribution in [2.45, 2.75) is 32.4 Å². The van der Waals surface area contributed by atoms with Crippen LogP contribution < -0.4 is 5.32 Å². The van der Waals surface area contributed by atoms with E-state index in [0.29, 0.717) is 18.7 Å². The Balaban J connectivity index is 2.52. The summed E-state index contributed by atoms with van der Waals surface area (Å²) in [5, 5.41) is 3.23. The van der Waals surface area contributed by atoms with Gasteiger partial charge in [0.1, 0.15) is 11.6 Å². The molecule has 0 amide bonds. The van der Waals surface area contributed by atoms with E-state index in [9.17, 15) is 8.78 Å². The monoisotopic (exact) mass is 243 g/mol. The first kappa shape index (κ1) is 14.1. The summed E-state index contributed by atoms with van der Waals surface area (Å²) in [5.74, 6) is -1.08. The molecule has 1 atom stereocenters. The number of halogens is 2. The number of benzene rings is 1. The summed E-state index contributed by atoms with van der Waals surface area (Å²) in [6, 6.07) is 3.77. The van der Waals surface area contributed by atoms with Crippen LogP contribution in [0.4, 0.5) is 8.78 Å². The summed E-state index contributed by atoms with van der Waals surface area (Å²) in [5.41, 5.74) is 0.611. The molecule has 0 aliphatic heterocycles. The average Bonchev–Trinajstić information content (AvgIpc) is 2.25. The van der Waals surface area contributed by atoms with Gasteiger partial charge in [-0.2, -0.15) is 0 Å². The maximum absolute atomic E-state index is 13.0. The molecule has 0 saturated carbocycles. The molecule has 0 fully saturated rings. The topological polar surface area (TPSA) is 21.3 Å². The molecule has 1 rings (SSSR count). The van der Waals surface area contributed by atoms with E-state index in [0.717, 1.165) is 18.9 Å². The molecule has 0 bridgehead atoms. The van der Waals surface area contributed by atoms with E-state index in [4.69, 9.17) is 4.74 Å². The zero-order chi connectivity index (χ0) is 12.7. The molecule has 1 unspecified atom stereocenters. The lowest BCUT2D eigenvalue weighted by Crippen LogP contribution is -2.32. The second-order valence-corrected chi connectivity index (χ2v) is 4.10. The molecule has 0 aliphatic carbocycles. The molecule has 0 aromatic heterocycles. The highest BCUT2D eigenvalue weighted by Gasteiger charge is 2.07. The van der Waals surface area contributed by atoms with Crippen molar-refractivity contribution in [3.05, 3.63) is 35.4 Å². The van der Waals surface area contributed by atoms with Crippen molar-refractivity contribution in [1.29, 1.82) is 0 Å². The normalized spacial score (nSPS) is 12.7. The molecule has 0 spiro atoms. The van der Waals surface area contributed by atoms with Crippen molar-refractivity contribution < 1.29 is 13.5 Å². The Morgan fingerprint density at radius 1 is 1.24 bits per heavy atom. The van der Waals surface area contributed by atoms with Crippen LogP contribution in [0.1, 0.15) is 25.3 Å². The van der Waals surface area contributed by atoms with Gasteiger partial charge in [0.25, 0.3) is 0 Å². The fourth-order valence-corrected chi connectivity index (χ4v) is 1.77. The van der Waals surface area contributed by atoms with E-state index in [1.807, 2.05) is 0 Å². The summed E-state index contributed by atoms with van der Waals surface area (Å²) in [7, 11) is 1.65. The third kappa shape index (κ3) is 5.24. The minimum Gasteiger partial charge on any atom is -0.383 e. The standard InChI is InChI=1S/C13H19F2NO/c1-3-4-13(9-17-2)16-8-10-5-11(14)7-12(15)6-10/h5-7,13,16H,3-4,8-9H2,1-2H3. The van der Waals surface area contributed by atoms with Gasteiger partial charge in [-0.15, -0.1) is 0 Å². The van der Waals surface area contributed by atoms with Crippen LogP contribution in [-0.4, -0.2) is 19.8 Å². The van der Waals surface area contributed by atoms with Gasteiger partial charge >= 0.3 is 0 Å². The molecule has 1 N–H and O–H groups in total. The minimum absolute atomic E-state index is 0.219. The summed E-state index contributed by atoms with van der Waals surface area (Å²) < 4.78 is 31.0. The number of hydrogen-bond acceptors (Lipinski definition) is 2. The highest BCUT2D eigenvalue weighted by atomic mass is 19.1. The third-order valence-electron chi connectivity index (χ3n) is 2.52. The first-order valence-corrected chi connectivity index (χ1v) is 5.83. The predicted octanol–water partition coefficient (Wildman–Crippen LogP) is 2.87. The predicted molar refractivity (Wildman–Crippen MR) is 63.8 cm³/mol. The van der Waals surface area contributed by atoms with Gasteiger partial charge in [-0.1, -0.05) is 13.3 Å².